The number of aryl methyl sites for hydroxylation is 1. The van der Waals surface area contributed by atoms with Crippen LogP contribution in [0.25, 0.3) is 0 Å². The zero-order chi connectivity index (χ0) is 18.6. The minimum atomic E-state index is -0.817. The smallest absolute Gasteiger partial charge is 0.239 e. The second-order valence-electron chi connectivity index (χ2n) is 7.66. The van der Waals surface area contributed by atoms with E-state index in [1.165, 1.54) is 0 Å². The molecule has 0 radical (unpaired) electrons. The van der Waals surface area contributed by atoms with Crippen LogP contribution in [0.15, 0.2) is 48.5 Å². The largest absolute Gasteiger partial charge is 0.339 e. The molecule has 2 fully saturated rings. The van der Waals surface area contributed by atoms with Gasteiger partial charge in [-0.05, 0) is 29.7 Å². The molecule has 6 nitrogen and oxygen atoms in total. The molecule has 2 aromatic carbocycles. The van der Waals surface area contributed by atoms with Crippen LogP contribution in [0.4, 0.5) is 5.69 Å². The number of hydrogen-bond acceptors (Lipinski definition) is 4. The van der Waals surface area contributed by atoms with Crippen molar-refractivity contribution < 1.29 is 9.59 Å². The van der Waals surface area contributed by atoms with Gasteiger partial charge in [-0.15, -0.1) is 0 Å². The standard InChI is InChI=1S/C21H22N4O2/c1-13-6-2-3-7-14(13)12-25-17-9-5-4-8-15(17)21(20(25)27)10-18(26)23-19-16(21)11-22-24-19/h2-9,16,19,22,24H,10-12H2,1H3,(H,23,26). The molecule has 0 aliphatic carbocycles. The molecule has 0 saturated carbocycles. The van der Waals surface area contributed by atoms with Crippen molar-refractivity contribution in [3.63, 3.8) is 0 Å². The second-order valence-corrected chi connectivity index (χ2v) is 7.66. The van der Waals surface area contributed by atoms with Crippen LogP contribution in [0.3, 0.4) is 0 Å². The summed E-state index contributed by atoms with van der Waals surface area (Å²) >= 11 is 0. The molecular formula is C21H22N4O2. The average molecular weight is 362 g/mol. The summed E-state index contributed by atoms with van der Waals surface area (Å²) in [5.74, 6) is -0.0821. The van der Waals surface area contributed by atoms with Crippen molar-refractivity contribution >= 4 is 17.5 Å². The van der Waals surface area contributed by atoms with E-state index in [2.05, 4.69) is 35.2 Å². The quantitative estimate of drug-likeness (QED) is 0.754. The fraction of sp³-hybridized carbons (Fsp3) is 0.333. The van der Waals surface area contributed by atoms with Gasteiger partial charge in [0.1, 0.15) is 0 Å². The van der Waals surface area contributed by atoms with Gasteiger partial charge in [0.2, 0.25) is 11.8 Å². The van der Waals surface area contributed by atoms with Crippen molar-refractivity contribution in [3.8, 4) is 0 Å². The monoisotopic (exact) mass is 362 g/mol. The molecule has 3 unspecified atom stereocenters. The third-order valence-corrected chi connectivity index (χ3v) is 6.26. The molecule has 0 bridgehead atoms. The molecule has 0 aromatic heterocycles. The number of hydrogen-bond donors (Lipinski definition) is 3. The van der Waals surface area contributed by atoms with Crippen LogP contribution in [0, 0.1) is 12.8 Å². The zero-order valence-corrected chi connectivity index (χ0v) is 15.2. The van der Waals surface area contributed by atoms with Crippen LogP contribution < -0.4 is 21.1 Å². The summed E-state index contributed by atoms with van der Waals surface area (Å²) < 4.78 is 0. The summed E-state index contributed by atoms with van der Waals surface area (Å²) in [4.78, 5) is 28.2. The van der Waals surface area contributed by atoms with E-state index in [-0.39, 0.29) is 30.3 Å². The number of para-hydroxylation sites is 1. The summed E-state index contributed by atoms with van der Waals surface area (Å²) in [6.07, 6.45) is -0.0425. The first-order valence-electron chi connectivity index (χ1n) is 9.35. The van der Waals surface area contributed by atoms with Crippen molar-refractivity contribution in [2.24, 2.45) is 5.92 Å². The minimum absolute atomic E-state index is 0.0225. The fourth-order valence-electron chi connectivity index (χ4n) is 4.90. The molecule has 138 valence electrons. The molecular weight excluding hydrogens is 340 g/mol. The minimum Gasteiger partial charge on any atom is -0.339 e. The summed E-state index contributed by atoms with van der Waals surface area (Å²) in [7, 11) is 0. The van der Waals surface area contributed by atoms with Gasteiger partial charge in [0.15, 0.2) is 0 Å². The predicted molar refractivity (Wildman–Crippen MR) is 102 cm³/mol. The number of anilines is 1. The van der Waals surface area contributed by atoms with Crippen molar-refractivity contribution in [1.82, 2.24) is 16.2 Å². The Labute approximate surface area is 157 Å². The molecule has 5 rings (SSSR count). The Morgan fingerprint density at radius 1 is 1.11 bits per heavy atom. The Bertz CT molecular complexity index is 943. The van der Waals surface area contributed by atoms with E-state index in [4.69, 9.17) is 0 Å². The van der Waals surface area contributed by atoms with Crippen LogP contribution in [0.1, 0.15) is 23.1 Å². The van der Waals surface area contributed by atoms with Crippen LogP contribution in [0.2, 0.25) is 0 Å². The number of fused-ring (bicyclic) bond motifs is 4. The molecule has 3 N–H and O–H groups in total. The van der Waals surface area contributed by atoms with E-state index in [1.807, 2.05) is 41.3 Å². The van der Waals surface area contributed by atoms with Crippen LogP contribution in [-0.4, -0.2) is 24.5 Å². The summed E-state index contributed by atoms with van der Waals surface area (Å²) in [6.45, 7) is 3.22. The Morgan fingerprint density at radius 3 is 2.74 bits per heavy atom. The van der Waals surface area contributed by atoms with Gasteiger partial charge in [0.05, 0.1) is 18.1 Å². The third kappa shape index (κ3) is 2.27. The highest BCUT2D eigenvalue weighted by Gasteiger charge is 2.61. The molecule has 2 aromatic rings. The van der Waals surface area contributed by atoms with Crippen molar-refractivity contribution in [2.45, 2.75) is 31.5 Å². The highest BCUT2D eigenvalue weighted by atomic mass is 16.2. The highest BCUT2D eigenvalue weighted by molar-refractivity contribution is 6.11. The fourth-order valence-corrected chi connectivity index (χ4v) is 4.90. The first-order valence-corrected chi connectivity index (χ1v) is 9.35. The molecule has 3 aliphatic rings. The topological polar surface area (TPSA) is 73.5 Å². The van der Waals surface area contributed by atoms with Crippen LogP contribution in [0.5, 0.6) is 0 Å². The van der Waals surface area contributed by atoms with Gasteiger partial charge in [-0.3, -0.25) is 15.0 Å². The average Bonchev–Trinajstić information content (AvgIpc) is 3.22. The number of carbonyl (C=O) groups is 2. The van der Waals surface area contributed by atoms with Crippen molar-refractivity contribution in [2.75, 3.05) is 11.4 Å². The number of piperidine rings is 1. The van der Waals surface area contributed by atoms with E-state index < -0.39 is 5.41 Å². The molecule has 27 heavy (non-hydrogen) atoms. The third-order valence-electron chi connectivity index (χ3n) is 6.26. The lowest BCUT2D eigenvalue weighted by Gasteiger charge is -2.40. The zero-order valence-electron chi connectivity index (χ0n) is 15.2. The normalized spacial score (nSPS) is 29.0. The van der Waals surface area contributed by atoms with Gasteiger partial charge in [0, 0.05) is 24.6 Å². The Morgan fingerprint density at radius 2 is 1.89 bits per heavy atom. The lowest BCUT2D eigenvalue weighted by molar-refractivity contribution is -0.136. The molecule has 2 amide bonds. The number of amides is 2. The number of nitrogens with one attached hydrogen (secondary N) is 3. The van der Waals surface area contributed by atoms with E-state index in [0.717, 1.165) is 22.4 Å². The number of carbonyl (C=O) groups excluding carboxylic acids is 2. The maximum atomic E-state index is 13.8. The SMILES string of the molecule is Cc1ccccc1CN1C(=O)C2(CC(=O)NC3NNCC32)c2ccccc21. The maximum Gasteiger partial charge on any atom is 0.239 e. The van der Waals surface area contributed by atoms with Crippen LogP contribution >= 0.6 is 0 Å². The number of nitrogens with zero attached hydrogens (tertiary/aromatic N) is 1. The van der Waals surface area contributed by atoms with Gasteiger partial charge in [0.25, 0.3) is 0 Å². The summed E-state index contributed by atoms with van der Waals surface area (Å²) in [6, 6.07) is 16.1. The lowest BCUT2D eigenvalue weighted by Crippen LogP contribution is -2.62. The van der Waals surface area contributed by atoms with E-state index >= 15 is 0 Å². The molecule has 6 heteroatoms. The summed E-state index contributed by atoms with van der Waals surface area (Å²) in [5.41, 5.74) is 9.60. The lowest BCUT2D eigenvalue weighted by atomic mass is 9.65. The molecule has 3 atom stereocenters. The Kier molecular flexibility index (Phi) is 3.60. The number of benzene rings is 2. The molecule has 3 aliphatic heterocycles. The van der Waals surface area contributed by atoms with E-state index in [0.29, 0.717) is 13.1 Å². The van der Waals surface area contributed by atoms with Gasteiger partial charge in [-0.1, -0.05) is 42.5 Å². The van der Waals surface area contributed by atoms with Gasteiger partial charge in [-0.25, -0.2) is 5.43 Å². The maximum absolute atomic E-state index is 13.8. The second kappa shape index (κ2) is 5.90. The Hall–Kier alpha value is -2.70. The van der Waals surface area contributed by atoms with Crippen molar-refractivity contribution in [1.29, 1.82) is 0 Å². The van der Waals surface area contributed by atoms with Gasteiger partial charge < -0.3 is 10.2 Å². The van der Waals surface area contributed by atoms with E-state index in [9.17, 15) is 9.59 Å². The first kappa shape index (κ1) is 16.5. The van der Waals surface area contributed by atoms with Gasteiger partial charge in [-0.2, -0.15) is 0 Å². The molecule has 2 saturated heterocycles. The highest BCUT2D eigenvalue weighted by Crippen LogP contribution is 2.51. The molecule has 3 heterocycles. The summed E-state index contributed by atoms with van der Waals surface area (Å²) in [5, 5.41) is 2.97. The number of rotatable bonds is 2. The Balaban J connectivity index is 1.63. The predicted octanol–water partition coefficient (Wildman–Crippen LogP) is 1.35. The van der Waals surface area contributed by atoms with Crippen molar-refractivity contribution in [3.05, 3.63) is 65.2 Å². The van der Waals surface area contributed by atoms with E-state index in [1.54, 1.807) is 0 Å². The molecule has 1 spiro atoms. The number of hydrazine groups is 1. The van der Waals surface area contributed by atoms with Gasteiger partial charge >= 0.3 is 0 Å². The van der Waals surface area contributed by atoms with Crippen LogP contribution in [-0.2, 0) is 21.5 Å². The first-order chi connectivity index (χ1) is 13.1.